The molecule has 0 unspecified atom stereocenters. The number of benzene rings is 8. The third kappa shape index (κ3) is 5.43. The van der Waals surface area contributed by atoms with Crippen LogP contribution in [0, 0.1) is 0 Å². The van der Waals surface area contributed by atoms with E-state index in [1.807, 2.05) is 0 Å². The fourth-order valence-corrected chi connectivity index (χ4v) is 5.37. The van der Waals surface area contributed by atoms with E-state index in [-0.39, 0.29) is 21.9 Å². The standard InChI is InChI=1S/C48H33NO/c1-4-12-34(13-5-1)37-20-22-40(23-21-37)47-44(32-33-46-48(47)43-18-10-11-19-45(43)50-46)49(41-28-24-38(25-29-41)35-14-6-2-7-15-35)42-30-26-39(27-31-42)36-16-8-3-9-17-36/h1-33H/i1D,2D,3D,4D,5D,6D,7D,8D,9D,12D,13D,14D,15D,16D,17D,20D,21D,22D,23D,24D,25D,26D,27D,28D,29D,30D,31D. The summed E-state index contributed by atoms with van der Waals surface area (Å²) >= 11 is 0. The van der Waals surface area contributed by atoms with Gasteiger partial charge in [-0.05, 0) is 81.3 Å². The molecule has 0 atom stereocenters. The van der Waals surface area contributed by atoms with E-state index in [0.29, 0.717) is 4.90 Å². The lowest BCUT2D eigenvalue weighted by atomic mass is 9.94. The molecule has 0 radical (unpaired) electrons. The molecule has 0 spiro atoms. The third-order valence-electron chi connectivity index (χ3n) is 7.56. The summed E-state index contributed by atoms with van der Waals surface area (Å²) in [7, 11) is 0. The second-order valence-corrected chi connectivity index (χ2v) is 10.5. The lowest BCUT2D eigenvalue weighted by Gasteiger charge is -2.28. The average molecular weight is 667 g/mol. The van der Waals surface area contributed by atoms with E-state index in [9.17, 15) is 16.4 Å². The Hall–Kier alpha value is -6.64. The molecule has 0 amide bonds. The molecule has 0 saturated carbocycles. The highest BCUT2D eigenvalue weighted by molar-refractivity contribution is 6.16. The first kappa shape index (κ1) is 12.7. The number of anilines is 3. The van der Waals surface area contributed by atoms with E-state index in [4.69, 9.17) is 25.0 Å². The Balaban J connectivity index is 1.51. The summed E-state index contributed by atoms with van der Waals surface area (Å²) in [6, 6.07) is -17.1. The van der Waals surface area contributed by atoms with E-state index >= 15 is 0 Å². The molecule has 0 bridgehead atoms. The quantitative estimate of drug-likeness (QED) is 0.168. The van der Waals surface area contributed by atoms with E-state index in [0.717, 1.165) is 6.07 Å². The zero-order chi connectivity index (χ0) is 56.8. The van der Waals surface area contributed by atoms with Crippen LogP contribution in [0.4, 0.5) is 17.1 Å². The van der Waals surface area contributed by atoms with Gasteiger partial charge in [-0.1, -0.05) is 157 Å². The van der Waals surface area contributed by atoms with Crippen molar-refractivity contribution in [2.45, 2.75) is 0 Å². The largest absolute Gasteiger partial charge is 0.456 e. The zero-order valence-corrected chi connectivity index (χ0v) is 25.3. The van der Waals surface area contributed by atoms with Crippen molar-refractivity contribution in [2.24, 2.45) is 0 Å². The van der Waals surface area contributed by atoms with Crippen molar-refractivity contribution in [2.75, 3.05) is 4.90 Å². The van der Waals surface area contributed by atoms with Gasteiger partial charge < -0.3 is 9.32 Å². The number of rotatable bonds is 7. The van der Waals surface area contributed by atoms with Crippen molar-refractivity contribution in [3.63, 3.8) is 0 Å². The van der Waals surface area contributed by atoms with E-state index < -0.39 is 225 Å². The van der Waals surface area contributed by atoms with Crippen molar-refractivity contribution >= 4 is 39.0 Å². The molecule has 0 aliphatic rings. The van der Waals surface area contributed by atoms with Gasteiger partial charge in [-0.25, -0.2) is 0 Å². The Morgan fingerprint density at radius 2 is 0.800 bits per heavy atom. The van der Waals surface area contributed by atoms with Gasteiger partial charge in [0.2, 0.25) is 0 Å². The van der Waals surface area contributed by atoms with Crippen molar-refractivity contribution in [1.82, 2.24) is 0 Å². The van der Waals surface area contributed by atoms with E-state index in [1.54, 1.807) is 12.1 Å². The first-order valence-corrected chi connectivity index (χ1v) is 14.8. The predicted octanol–water partition coefficient (Wildman–Crippen LogP) is 13.7. The Morgan fingerprint density at radius 3 is 1.30 bits per heavy atom. The van der Waals surface area contributed by atoms with Crippen LogP contribution in [0.5, 0.6) is 0 Å². The maximum absolute atomic E-state index is 9.65. The lowest BCUT2D eigenvalue weighted by Crippen LogP contribution is -2.11. The maximum Gasteiger partial charge on any atom is 0.136 e. The average Bonchev–Trinajstić information content (AvgIpc) is 3.84. The van der Waals surface area contributed by atoms with Crippen LogP contribution in [0.25, 0.3) is 66.4 Å². The van der Waals surface area contributed by atoms with Crippen LogP contribution in [-0.2, 0) is 0 Å². The van der Waals surface area contributed by atoms with Crippen LogP contribution in [-0.4, -0.2) is 0 Å². The Bertz CT molecular complexity index is 3840. The van der Waals surface area contributed by atoms with Gasteiger partial charge in [-0.15, -0.1) is 0 Å². The molecule has 9 rings (SSSR count). The van der Waals surface area contributed by atoms with E-state index in [1.165, 1.54) is 18.2 Å². The summed E-state index contributed by atoms with van der Waals surface area (Å²) < 4.78 is 247. The van der Waals surface area contributed by atoms with Gasteiger partial charge >= 0.3 is 0 Å². The fraction of sp³-hybridized carbons (Fsp3) is 0. The smallest absolute Gasteiger partial charge is 0.136 e. The molecule has 1 heterocycles. The summed E-state index contributed by atoms with van der Waals surface area (Å²) in [6.45, 7) is 0. The van der Waals surface area contributed by atoms with Gasteiger partial charge in [0, 0.05) is 27.7 Å². The van der Waals surface area contributed by atoms with Gasteiger partial charge in [0.25, 0.3) is 0 Å². The minimum absolute atomic E-state index is 0.0383. The lowest BCUT2D eigenvalue weighted by molar-refractivity contribution is 0.669. The van der Waals surface area contributed by atoms with Gasteiger partial charge in [0.1, 0.15) is 11.2 Å². The number of nitrogens with zero attached hydrogens (tertiary/aromatic N) is 1. The molecule has 2 heteroatoms. The highest BCUT2D eigenvalue weighted by Crippen LogP contribution is 2.47. The first-order chi connectivity index (χ1) is 36.0. The number of furan rings is 1. The molecule has 0 aliphatic heterocycles. The van der Waals surface area contributed by atoms with Crippen LogP contribution in [0.2, 0.25) is 0 Å². The van der Waals surface area contributed by atoms with Crippen molar-refractivity contribution in [1.29, 1.82) is 0 Å². The van der Waals surface area contributed by atoms with Gasteiger partial charge in [0.05, 0.1) is 42.7 Å². The molecule has 236 valence electrons. The molecule has 0 saturated heterocycles. The molecule has 9 aromatic rings. The molecular weight excluding hydrogens is 607 g/mol. The monoisotopic (exact) mass is 666 g/mol. The molecule has 2 nitrogen and oxygen atoms in total. The highest BCUT2D eigenvalue weighted by atomic mass is 16.3. The third-order valence-corrected chi connectivity index (χ3v) is 7.56. The Kier molecular flexibility index (Phi) is 3.23. The summed E-state index contributed by atoms with van der Waals surface area (Å²) in [5, 5.41) is 0.134. The fourth-order valence-electron chi connectivity index (χ4n) is 5.37. The zero-order valence-electron chi connectivity index (χ0n) is 52.3. The van der Waals surface area contributed by atoms with Gasteiger partial charge in [0.15, 0.2) is 0 Å². The number of para-hydroxylation sites is 1. The van der Waals surface area contributed by atoms with Crippen LogP contribution in [0.1, 0.15) is 37.0 Å². The Morgan fingerprint density at radius 1 is 0.380 bits per heavy atom. The first-order valence-electron chi connectivity index (χ1n) is 28.3. The Labute approximate surface area is 330 Å². The minimum Gasteiger partial charge on any atom is -0.456 e. The second kappa shape index (κ2) is 12.8. The topological polar surface area (TPSA) is 16.4 Å². The van der Waals surface area contributed by atoms with E-state index in [2.05, 4.69) is 0 Å². The molecule has 8 aromatic carbocycles. The van der Waals surface area contributed by atoms with Gasteiger partial charge in [-0.3, -0.25) is 0 Å². The number of hydrogen-bond acceptors (Lipinski definition) is 2. The van der Waals surface area contributed by atoms with Crippen LogP contribution in [0.15, 0.2) is 204 Å². The number of fused-ring (bicyclic) bond motifs is 3. The van der Waals surface area contributed by atoms with Crippen LogP contribution < -0.4 is 4.90 Å². The van der Waals surface area contributed by atoms with Gasteiger partial charge in [-0.2, -0.15) is 0 Å². The highest BCUT2D eigenvalue weighted by Gasteiger charge is 2.23. The number of hydrogen-bond donors (Lipinski definition) is 0. The molecule has 0 fully saturated rings. The summed E-state index contributed by atoms with van der Waals surface area (Å²) in [4.78, 5) is 0.686. The maximum atomic E-state index is 9.65. The molecule has 50 heavy (non-hydrogen) atoms. The second-order valence-electron chi connectivity index (χ2n) is 10.5. The minimum atomic E-state index is -1.11. The molecule has 0 aliphatic carbocycles. The summed E-state index contributed by atoms with van der Waals surface area (Å²) in [6.07, 6.45) is 0. The van der Waals surface area contributed by atoms with Crippen molar-refractivity contribution in [3.8, 4) is 44.5 Å². The van der Waals surface area contributed by atoms with Crippen molar-refractivity contribution < 1.29 is 41.4 Å². The summed E-state index contributed by atoms with van der Waals surface area (Å²) in [5.74, 6) is 0. The molecular formula is C48H33NO. The molecule has 1 aromatic heterocycles. The van der Waals surface area contributed by atoms with Crippen LogP contribution >= 0.6 is 0 Å². The molecule has 0 N–H and O–H groups in total. The predicted molar refractivity (Wildman–Crippen MR) is 210 cm³/mol. The van der Waals surface area contributed by atoms with Crippen LogP contribution in [0.3, 0.4) is 0 Å². The van der Waals surface area contributed by atoms with Crippen molar-refractivity contribution in [3.05, 3.63) is 200 Å². The normalized spacial score (nSPS) is 18.8. The SMILES string of the molecule is [2H]c1c([2H])c([2H])c(-c2c([2H])c([2H])c(-c3c(N(c4c([2H])c([2H])c(-c5c([2H])c([2H])c([2H])c([2H])c5[2H])c([2H])c4[2H])c4c([2H])c([2H])c(-c5c([2H])c([2H])c([2H])c([2H])c5[2H])c([2H])c4[2H])ccc4oc5ccccc5c34)c([2H])c2[2H])c([2H])c1[2H]. The summed E-state index contributed by atoms with van der Waals surface area (Å²) in [5.41, 5.74) is -7.95.